The topological polar surface area (TPSA) is 111 Å². The molecule has 21 heavy (non-hydrogen) atoms. The number of amides is 1. The van der Waals surface area contributed by atoms with E-state index in [1.54, 1.807) is 36.4 Å². The first-order valence-electron chi connectivity index (χ1n) is 6.01. The van der Waals surface area contributed by atoms with E-state index in [0.717, 1.165) is 0 Å². The number of carbonyl (C=O) groups excluding carboxylic acids is 1. The van der Waals surface area contributed by atoms with Gasteiger partial charge >= 0.3 is 0 Å². The van der Waals surface area contributed by atoms with E-state index in [0.29, 0.717) is 11.3 Å². The van der Waals surface area contributed by atoms with Crippen molar-refractivity contribution in [2.24, 2.45) is 5.10 Å². The van der Waals surface area contributed by atoms with Gasteiger partial charge in [-0.1, -0.05) is 24.3 Å². The van der Waals surface area contributed by atoms with E-state index in [4.69, 9.17) is 5.73 Å². The zero-order valence-electron chi connectivity index (χ0n) is 10.9. The van der Waals surface area contributed by atoms with Crippen molar-refractivity contribution in [2.45, 2.75) is 0 Å². The maximum absolute atomic E-state index is 11.8. The minimum atomic E-state index is -0.516. The highest BCUT2D eigenvalue weighted by molar-refractivity contribution is 5.99. The third-order valence-electron chi connectivity index (χ3n) is 2.71. The molecule has 7 nitrogen and oxygen atoms in total. The van der Waals surface area contributed by atoms with Crippen LogP contribution in [-0.4, -0.2) is 17.0 Å². The molecule has 0 saturated carbocycles. The van der Waals surface area contributed by atoms with Crippen molar-refractivity contribution < 1.29 is 9.72 Å². The van der Waals surface area contributed by atoms with E-state index in [9.17, 15) is 14.9 Å². The second-order valence-corrected chi connectivity index (χ2v) is 4.10. The van der Waals surface area contributed by atoms with Crippen LogP contribution in [0.2, 0.25) is 0 Å². The van der Waals surface area contributed by atoms with Crippen molar-refractivity contribution in [3.8, 4) is 0 Å². The van der Waals surface area contributed by atoms with Gasteiger partial charge in [0.1, 0.15) is 0 Å². The van der Waals surface area contributed by atoms with Gasteiger partial charge in [-0.3, -0.25) is 14.9 Å². The van der Waals surface area contributed by atoms with Gasteiger partial charge in [0.15, 0.2) is 0 Å². The first kappa shape index (κ1) is 14.2. The van der Waals surface area contributed by atoms with Crippen LogP contribution in [0.3, 0.4) is 0 Å². The van der Waals surface area contributed by atoms with Gasteiger partial charge in [-0.05, 0) is 18.2 Å². The van der Waals surface area contributed by atoms with E-state index in [1.165, 1.54) is 18.3 Å². The molecule has 0 bridgehead atoms. The molecular formula is C14H12N4O3. The Bertz CT molecular complexity index is 713. The maximum atomic E-state index is 11.8. The number of rotatable bonds is 4. The molecule has 0 atom stereocenters. The SMILES string of the molecule is Nc1ccccc1C(=O)N/N=C\c1ccccc1[N+](=O)[O-]. The van der Waals surface area contributed by atoms with Crippen molar-refractivity contribution >= 4 is 23.5 Å². The average molecular weight is 284 g/mol. The molecule has 0 unspecified atom stereocenters. The zero-order valence-corrected chi connectivity index (χ0v) is 10.9. The number of nitro benzene ring substituents is 1. The number of nitrogens with two attached hydrogens (primary N) is 1. The number of para-hydroxylation sites is 2. The van der Waals surface area contributed by atoms with Gasteiger partial charge in [0.05, 0.1) is 22.3 Å². The number of hydrogen-bond acceptors (Lipinski definition) is 5. The Hall–Kier alpha value is -3.22. The van der Waals surface area contributed by atoms with Crippen LogP contribution < -0.4 is 11.2 Å². The molecule has 0 spiro atoms. The number of nitro groups is 1. The molecule has 0 aliphatic rings. The summed E-state index contributed by atoms with van der Waals surface area (Å²) in [5.41, 5.74) is 8.77. The van der Waals surface area contributed by atoms with Crippen LogP contribution in [0.5, 0.6) is 0 Å². The number of anilines is 1. The number of hydrazone groups is 1. The van der Waals surface area contributed by atoms with Crippen molar-refractivity contribution in [3.05, 3.63) is 69.8 Å². The summed E-state index contributed by atoms with van der Waals surface area (Å²) in [5, 5.41) is 14.5. The number of nitrogen functional groups attached to an aromatic ring is 1. The van der Waals surface area contributed by atoms with Gasteiger partial charge < -0.3 is 5.73 Å². The van der Waals surface area contributed by atoms with E-state index in [2.05, 4.69) is 10.5 Å². The standard InChI is InChI=1S/C14H12N4O3/c15-12-7-3-2-6-11(12)14(19)17-16-9-10-5-1-4-8-13(10)18(20)21/h1-9H,15H2,(H,17,19)/b16-9-. The second-order valence-electron chi connectivity index (χ2n) is 4.10. The number of nitrogens with one attached hydrogen (secondary N) is 1. The van der Waals surface area contributed by atoms with Crippen LogP contribution >= 0.6 is 0 Å². The third-order valence-corrected chi connectivity index (χ3v) is 2.71. The fraction of sp³-hybridized carbons (Fsp3) is 0. The van der Waals surface area contributed by atoms with Gasteiger partial charge in [0.2, 0.25) is 0 Å². The minimum absolute atomic E-state index is 0.0882. The van der Waals surface area contributed by atoms with Gasteiger partial charge in [-0.15, -0.1) is 0 Å². The zero-order chi connectivity index (χ0) is 15.2. The first-order chi connectivity index (χ1) is 10.1. The van der Waals surface area contributed by atoms with Crippen LogP contribution in [-0.2, 0) is 0 Å². The molecule has 106 valence electrons. The summed E-state index contributed by atoms with van der Waals surface area (Å²) in [6.45, 7) is 0. The Labute approximate surface area is 120 Å². The highest BCUT2D eigenvalue weighted by atomic mass is 16.6. The fourth-order valence-electron chi connectivity index (χ4n) is 1.69. The van der Waals surface area contributed by atoms with Gasteiger partial charge in [-0.25, -0.2) is 5.43 Å². The predicted octanol–water partition coefficient (Wildman–Crippen LogP) is 1.94. The lowest BCUT2D eigenvalue weighted by molar-refractivity contribution is -0.385. The molecule has 2 rings (SSSR count). The van der Waals surface area contributed by atoms with Crippen LogP contribution in [0, 0.1) is 10.1 Å². The summed E-state index contributed by atoms with van der Waals surface area (Å²) in [6.07, 6.45) is 1.22. The van der Waals surface area contributed by atoms with E-state index in [-0.39, 0.29) is 11.3 Å². The van der Waals surface area contributed by atoms with Gasteiger partial charge in [0.25, 0.3) is 11.6 Å². The maximum Gasteiger partial charge on any atom is 0.278 e. The van der Waals surface area contributed by atoms with E-state index < -0.39 is 10.8 Å². The Balaban J connectivity index is 2.12. The van der Waals surface area contributed by atoms with Crippen molar-refractivity contribution in [3.63, 3.8) is 0 Å². The first-order valence-corrected chi connectivity index (χ1v) is 6.01. The smallest absolute Gasteiger partial charge is 0.278 e. The second kappa shape index (κ2) is 6.29. The number of hydrogen-bond donors (Lipinski definition) is 2. The summed E-state index contributed by atoms with van der Waals surface area (Å²) in [6, 6.07) is 12.6. The van der Waals surface area contributed by atoms with Crippen molar-refractivity contribution in [1.82, 2.24) is 5.43 Å². The Morgan fingerprint density at radius 3 is 2.57 bits per heavy atom. The molecule has 2 aromatic rings. The molecule has 0 aliphatic carbocycles. The lowest BCUT2D eigenvalue weighted by Crippen LogP contribution is -2.19. The van der Waals surface area contributed by atoms with E-state index in [1.807, 2.05) is 0 Å². The number of carbonyl (C=O) groups is 1. The Kier molecular flexibility index (Phi) is 4.25. The molecule has 3 N–H and O–H groups in total. The molecule has 0 heterocycles. The van der Waals surface area contributed by atoms with Crippen molar-refractivity contribution in [2.75, 3.05) is 5.73 Å². The third kappa shape index (κ3) is 3.41. The summed E-state index contributed by atoms with van der Waals surface area (Å²) in [7, 11) is 0. The van der Waals surface area contributed by atoms with Crippen LogP contribution in [0.1, 0.15) is 15.9 Å². The summed E-state index contributed by atoms with van der Waals surface area (Å²) in [4.78, 5) is 22.1. The van der Waals surface area contributed by atoms with Crippen LogP contribution in [0.25, 0.3) is 0 Å². The Morgan fingerprint density at radius 2 is 1.86 bits per heavy atom. The molecule has 2 aromatic carbocycles. The molecule has 0 radical (unpaired) electrons. The Morgan fingerprint density at radius 1 is 1.19 bits per heavy atom. The summed E-state index contributed by atoms with van der Waals surface area (Å²) < 4.78 is 0. The van der Waals surface area contributed by atoms with Gasteiger partial charge in [-0.2, -0.15) is 5.10 Å². The average Bonchev–Trinajstić information content (AvgIpc) is 2.48. The predicted molar refractivity (Wildman–Crippen MR) is 79.0 cm³/mol. The van der Waals surface area contributed by atoms with Crippen molar-refractivity contribution in [1.29, 1.82) is 0 Å². The summed E-state index contributed by atoms with van der Waals surface area (Å²) in [5.74, 6) is -0.483. The molecule has 0 saturated heterocycles. The normalized spacial score (nSPS) is 10.5. The molecule has 0 aliphatic heterocycles. The molecule has 7 heteroatoms. The van der Waals surface area contributed by atoms with Crippen LogP contribution in [0.4, 0.5) is 11.4 Å². The quantitative estimate of drug-likeness (QED) is 0.387. The molecule has 1 amide bonds. The molecule has 0 aromatic heterocycles. The fourth-order valence-corrected chi connectivity index (χ4v) is 1.69. The lowest BCUT2D eigenvalue weighted by atomic mass is 10.2. The highest BCUT2D eigenvalue weighted by Gasteiger charge is 2.11. The van der Waals surface area contributed by atoms with E-state index >= 15 is 0 Å². The lowest BCUT2D eigenvalue weighted by Gasteiger charge is -2.02. The molecule has 0 fully saturated rings. The minimum Gasteiger partial charge on any atom is -0.398 e. The van der Waals surface area contributed by atoms with Crippen LogP contribution in [0.15, 0.2) is 53.6 Å². The number of nitrogens with zero attached hydrogens (tertiary/aromatic N) is 2. The molecular weight excluding hydrogens is 272 g/mol. The highest BCUT2D eigenvalue weighted by Crippen LogP contribution is 2.15. The number of benzene rings is 2. The largest absolute Gasteiger partial charge is 0.398 e. The van der Waals surface area contributed by atoms with Gasteiger partial charge in [0, 0.05) is 11.8 Å². The monoisotopic (exact) mass is 284 g/mol. The summed E-state index contributed by atoms with van der Waals surface area (Å²) >= 11 is 0.